The van der Waals surface area contributed by atoms with E-state index < -0.39 is 36.4 Å². The van der Waals surface area contributed by atoms with Crippen molar-refractivity contribution in [1.82, 2.24) is 20.6 Å². The highest BCUT2D eigenvalue weighted by Gasteiger charge is 2.58. The summed E-state index contributed by atoms with van der Waals surface area (Å²) in [4.78, 5) is 12.4. The van der Waals surface area contributed by atoms with Crippen LogP contribution in [0.1, 0.15) is 36.1 Å². The molecule has 0 aliphatic carbocycles. The van der Waals surface area contributed by atoms with Gasteiger partial charge in [0.1, 0.15) is 0 Å². The van der Waals surface area contributed by atoms with Gasteiger partial charge in [-0.05, 0) is 26.0 Å². The average molecular weight is 332 g/mol. The molecular formula is C15H16N4O5. The van der Waals surface area contributed by atoms with Gasteiger partial charge in [0.2, 0.25) is 5.82 Å². The smallest absolute Gasteiger partial charge is 0.338 e. The van der Waals surface area contributed by atoms with Crippen molar-refractivity contribution in [3.05, 3.63) is 41.7 Å². The van der Waals surface area contributed by atoms with Crippen molar-refractivity contribution in [2.75, 3.05) is 0 Å². The van der Waals surface area contributed by atoms with Gasteiger partial charge in [-0.25, -0.2) is 4.79 Å². The second-order valence-electron chi connectivity index (χ2n) is 6.03. The summed E-state index contributed by atoms with van der Waals surface area (Å²) in [7, 11) is 0. The minimum absolute atomic E-state index is 0.278. The zero-order valence-corrected chi connectivity index (χ0v) is 13.1. The van der Waals surface area contributed by atoms with Crippen molar-refractivity contribution in [3.8, 4) is 0 Å². The molecule has 1 aromatic heterocycles. The van der Waals surface area contributed by atoms with E-state index in [2.05, 4.69) is 20.6 Å². The van der Waals surface area contributed by atoms with Crippen molar-refractivity contribution in [2.24, 2.45) is 0 Å². The minimum Gasteiger partial charge on any atom is -0.452 e. The first-order chi connectivity index (χ1) is 11.5. The third-order valence-electron chi connectivity index (χ3n) is 3.86. The van der Waals surface area contributed by atoms with Crippen LogP contribution < -0.4 is 0 Å². The number of nitrogens with one attached hydrogen (secondary N) is 1. The third-order valence-corrected chi connectivity index (χ3v) is 3.86. The van der Waals surface area contributed by atoms with E-state index in [1.165, 1.54) is 0 Å². The van der Waals surface area contributed by atoms with Crippen LogP contribution in [0.5, 0.6) is 0 Å². The fourth-order valence-corrected chi connectivity index (χ4v) is 2.87. The number of carbonyl (C=O) groups is 1. The summed E-state index contributed by atoms with van der Waals surface area (Å²) in [5.41, 5.74) is 0.436. The first kappa shape index (κ1) is 15.2. The number of fused-ring (bicyclic) bond motifs is 1. The number of esters is 1. The molecule has 9 heteroatoms. The molecular weight excluding hydrogens is 316 g/mol. The number of rotatable bonds is 3. The lowest BCUT2D eigenvalue weighted by Gasteiger charge is -2.24. The largest absolute Gasteiger partial charge is 0.452 e. The van der Waals surface area contributed by atoms with Crippen molar-refractivity contribution < 1.29 is 23.7 Å². The summed E-state index contributed by atoms with van der Waals surface area (Å²) in [6, 6.07) is 8.70. The Bertz CT molecular complexity index is 721. The second kappa shape index (κ2) is 5.62. The number of benzene rings is 1. The Morgan fingerprint density at radius 3 is 2.75 bits per heavy atom. The number of hydrogen-bond acceptors (Lipinski definition) is 8. The number of hydrogen-bond donors (Lipinski definition) is 1. The molecule has 126 valence electrons. The van der Waals surface area contributed by atoms with E-state index in [4.69, 9.17) is 18.9 Å². The lowest BCUT2D eigenvalue weighted by Crippen LogP contribution is -2.35. The molecule has 2 aliphatic heterocycles. The van der Waals surface area contributed by atoms with Gasteiger partial charge >= 0.3 is 5.97 Å². The van der Waals surface area contributed by atoms with Crippen molar-refractivity contribution in [2.45, 2.75) is 44.2 Å². The highest BCUT2D eigenvalue weighted by atomic mass is 16.8. The van der Waals surface area contributed by atoms with Gasteiger partial charge in [-0.2, -0.15) is 5.21 Å². The van der Waals surface area contributed by atoms with E-state index >= 15 is 0 Å². The summed E-state index contributed by atoms with van der Waals surface area (Å²) in [6.45, 7) is 3.54. The fourth-order valence-electron chi connectivity index (χ4n) is 2.87. The van der Waals surface area contributed by atoms with Crippen LogP contribution >= 0.6 is 0 Å². The van der Waals surface area contributed by atoms with Gasteiger partial charge < -0.3 is 18.9 Å². The number of aromatic nitrogens is 4. The maximum atomic E-state index is 12.4. The molecule has 0 amide bonds. The van der Waals surface area contributed by atoms with E-state index in [-0.39, 0.29) is 5.82 Å². The molecule has 0 spiro atoms. The topological polar surface area (TPSA) is 108 Å². The quantitative estimate of drug-likeness (QED) is 0.828. The summed E-state index contributed by atoms with van der Waals surface area (Å²) < 4.78 is 23.0. The molecule has 0 saturated carbocycles. The maximum Gasteiger partial charge on any atom is 0.338 e. The number of aromatic amines is 1. The SMILES string of the molecule is CC1(C)O[C@H]2O[C@H](c3nn[nH]n3)[C@H](OC(=O)c3ccccc3)[C@H]2O1. The van der Waals surface area contributed by atoms with E-state index in [1.807, 2.05) is 6.07 Å². The molecule has 0 radical (unpaired) electrons. The zero-order chi connectivity index (χ0) is 16.7. The predicted octanol–water partition coefficient (Wildman–Crippen LogP) is 0.974. The highest BCUT2D eigenvalue weighted by molar-refractivity contribution is 5.89. The number of nitrogens with zero attached hydrogens (tertiary/aromatic N) is 3. The Morgan fingerprint density at radius 1 is 1.25 bits per heavy atom. The molecule has 4 rings (SSSR count). The van der Waals surface area contributed by atoms with Crippen LogP contribution in [0, 0.1) is 0 Å². The van der Waals surface area contributed by atoms with Crippen LogP contribution in [0.2, 0.25) is 0 Å². The molecule has 0 unspecified atom stereocenters. The van der Waals surface area contributed by atoms with Gasteiger partial charge in [0.05, 0.1) is 5.56 Å². The van der Waals surface area contributed by atoms with E-state index in [1.54, 1.807) is 38.1 Å². The van der Waals surface area contributed by atoms with Crippen LogP contribution in [0.4, 0.5) is 0 Å². The molecule has 9 nitrogen and oxygen atoms in total. The van der Waals surface area contributed by atoms with Crippen LogP contribution in [0.25, 0.3) is 0 Å². The van der Waals surface area contributed by atoms with E-state index in [0.717, 1.165) is 0 Å². The molecule has 2 saturated heterocycles. The number of carbonyl (C=O) groups excluding carboxylic acids is 1. The highest BCUT2D eigenvalue weighted by Crippen LogP contribution is 2.43. The Labute approximate surface area is 137 Å². The molecule has 2 fully saturated rings. The van der Waals surface area contributed by atoms with Gasteiger partial charge in [0.25, 0.3) is 0 Å². The number of H-pyrrole nitrogens is 1. The second-order valence-corrected chi connectivity index (χ2v) is 6.03. The lowest BCUT2D eigenvalue weighted by atomic mass is 10.1. The summed E-state index contributed by atoms with van der Waals surface area (Å²) in [5, 5.41) is 13.7. The summed E-state index contributed by atoms with van der Waals surface area (Å²) >= 11 is 0. The van der Waals surface area contributed by atoms with Gasteiger partial charge in [-0.3, -0.25) is 0 Å². The number of tetrazole rings is 1. The van der Waals surface area contributed by atoms with Gasteiger partial charge in [-0.15, -0.1) is 10.2 Å². The molecule has 24 heavy (non-hydrogen) atoms. The molecule has 2 aliphatic rings. The zero-order valence-electron chi connectivity index (χ0n) is 13.1. The Balaban J connectivity index is 1.60. The molecule has 1 aromatic carbocycles. The summed E-state index contributed by atoms with van der Waals surface area (Å²) in [6.07, 6.45) is -2.71. The predicted molar refractivity (Wildman–Crippen MR) is 77.5 cm³/mol. The lowest BCUT2D eigenvalue weighted by molar-refractivity contribution is -0.217. The van der Waals surface area contributed by atoms with Crippen molar-refractivity contribution in [1.29, 1.82) is 0 Å². The minimum atomic E-state index is -0.824. The molecule has 0 bridgehead atoms. The summed E-state index contributed by atoms with van der Waals surface area (Å²) in [5.74, 6) is -1.03. The van der Waals surface area contributed by atoms with Gasteiger partial charge in [0.15, 0.2) is 30.4 Å². The fraction of sp³-hybridized carbons (Fsp3) is 0.467. The normalized spacial score (nSPS) is 30.9. The van der Waals surface area contributed by atoms with E-state index in [0.29, 0.717) is 5.56 Å². The maximum absolute atomic E-state index is 12.4. The van der Waals surface area contributed by atoms with Gasteiger partial charge in [-0.1, -0.05) is 23.4 Å². The van der Waals surface area contributed by atoms with Crippen LogP contribution in [-0.4, -0.2) is 50.9 Å². The molecule has 4 atom stereocenters. The van der Waals surface area contributed by atoms with Crippen molar-refractivity contribution in [3.63, 3.8) is 0 Å². The third kappa shape index (κ3) is 2.66. The van der Waals surface area contributed by atoms with Crippen LogP contribution in [-0.2, 0) is 18.9 Å². The monoisotopic (exact) mass is 332 g/mol. The van der Waals surface area contributed by atoms with Crippen LogP contribution in [0.15, 0.2) is 30.3 Å². The Kier molecular flexibility index (Phi) is 3.56. The standard InChI is InChI=1S/C15H16N4O5/c1-15(2)23-11-9(21-13(20)8-6-4-3-5-7-8)10(22-14(11)24-15)12-16-18-19-17-12/h3-7,9-11,14H,1-2H3,(H,16,17,18,19)/t9-,10-,11+,14+/m0/s1. The number of ether oxygens (including phenoxy) is 4. The first-order valence-corrected chi connectivity index (χ1v) is 7.54. The average Bonchev–Trinajstić information content (AvgIpc) is 3.24. The molecule has 3 heterocycles. The Morgan fingerprint density at radius 2 is 2.04 bits per heavy atom. The Hall–Kier alpha value is -2.36. The van der Waals surface area contributed by atoms with E-state index in [9.17, 15) is 4.79 Å². The van der Waals surface area contributed by atoms with Crippen molar-refractivity contribution >= 4 is 5.97 Å². The molecule has 1 N–H and O–H groups in total. The molecule has 2 aromatic rings. The van der Waals surface area contributed by atoms with Crippen LogP contribution in [0.3, 0.4) is 0 Å². The van der Waals surface area contributed by atoms with Gasteiger partial charge in [0, 0.05) is 0 Å². The first-order valence-electron chi connectivity index (χ1n) is 7.54.